The SMILES string of the molecule is COc1ccc(/C=C/C(=O)NC2CCOc3ccc(C)cc32)cc1OC. The number of methoxy groups -OCH3 is 2. The smallest absolute Gasteiger partial charge is 0.244 e. The van der Waals surface area contributed by atoms with E-state index in [-0.39, 0.29) is 11.9 Å². The van der Waals surface area contributed by atoms with Crippen LogP contribution in [0.15, 0.2) is 42.5 Å². The first-order valence-electron chi connectivity index (χ1n) is 8.54. The minimum atomic E-state index is -0.140. The van der Waals surface area contributed by atoms with Crippen LogP contribution in [-0.2, 0) is 4.79 Å². The molecule has 2 aromatic carbocycles. The van der Waals surface area contributed by atoms with Gasteiger partial charge in [0, 0.05) is 18.1 Å². The van der Waals surface area contributed by atoms with E-state index in [1.54, 1.807) is 20.3 Å². The maximum atomic E-state index is 12.4. The molecule has 1 amide bonds. The Balaban J connectivity index is 1.70. The summed E-state index contributed by atoms with van der Waals surface area (Å²) >= 11 is 0. The van der Waals surface area contributed by atoms with Crippen molar-refractivity contribution in [2.45, 2.75) is 19.4 Å². The fourth-order valence-corrected chi connectivity index (χ4v) is 3.01. The lowest BCUT2D eigenvalue weighted by Crippen LogP contribution is -2.31. The van der Waals surface area contributed by atoms with E-state index in [1.165, 1.54) is 6.08 Å². The van der Waals surface area contributed by atoms with Gasteiger partial charge in [0.15, 0.2) is 11.5 Å². The van der Waals surface area contributed by atoms with Crippen LogP contribution in [0.4, 0.5) is 0 Å². The maximum absolute atomic E-state index is 12.4. The van der Waals surface area contributed by atoms with Crippen molar-refractivity contribution in [1.82, 2.24) is 5.32 Å². The van der Waals surface area contributed by atoms with Crippen LogP contribution in [0.3, 0.4) is 0 Å². The summed E-state index contributed by atoms with van der Waals surface area (Å²) in [4.78, 5) is 12.4. The van der Waals surface area contributed by atoms with Crippen molar-refractivity contribution in [3.05, 3.63) is 59.2 Å². The average molecular weight is 353 g/mol. The number of benzene rings is 2. The first kappa shape index (κ1) is 17.9. The molecule has 1 atom stereocenters. The van der Waals surface area contributed by atoms with Gasteiger partial charge in [-0.3, -0.25) is 4.79 Å². The first-order chi connectivity index (χ1) is 12.6. The number of ether oxygens (including phenoxy) is 3. The summed E-state index contributed by atoms with van der Waals surface area (Å²) < 4.78 is 16.2. The van der Waals surface area contributed by atoms with Crippen molar-refractivity contribution in [3.8, 4) is 17.2 Å². The van der Waals surface area contributed by atoms with Gasteiger partial charge >= 0.3 is 0 Å². The Morgan fingerprint density at radius 1 is 1.15 bits per heavy atom. The van der Waals surface area contributed by atoms with E-state index in [9.17, 15) is 4.79 Å². The number of nitrogens with one attached hydrogen (secondary N) is 1. The summed E-state index contributed by atoms with van der Waals surface area (Å²) in [6.45, 7) is 2.63. The lowest BCUT2D eigenvalue weighted by molar-refractivity contribution is -0.117. The minimum absolute atomic E-state index is 0.0406. The van der Waals surface area contributed by atoms with E-state index in [2.05, 4.69) is 11.4 Å². The van der Waals surface area contributed by atoms with E-state index in [4.69, 9.17) is 14.2 Å². The zero-order chi connectivity index (χ0) is 18.5. The zero-order valence-corrected chi connectivity index (χ0v) is 15.2. The van der Waals surface area contributed by atoms with Crippen LogP contribution < -0.4 is 19.5 Å². The van der Waals surface area contributed by atoms with E-state index >= 15 is 0 Å². The topological polar surface area (TPSA) is 56.8 Å². The van der Waals surface area contributed by atoms with Crippen LogP contribution in [0.25, 0.3) is 6.08 Å². The molecular formula is C21H23NO4. The third kappa shape index (κ3) is 3.99. The van der Waals surface area contributed by atoms with Gasteiger partial charge in [-0.1, -0.05) is 23.8 Å². The Morgan fingerprint density at radius 3 is 2.73 bits per heavy atom. The lowest BCUT2D eigenvalue weighted by atomic mass is 9.98. The van der Waals surface area contributed by atoms with Crippen molar-refractivity contribution >= 4 is 12.0 Å². The van der Waals surface area contributed by atoms with Gasteiger partial charge in [0.1, 0.15) is 5.75 Å². The highest BCUT2D eigenvalue weighted by Gasteiger charge is 2.22. The Bertz CT molecular complexity index is 829. The summed E-state index contributed by atoms with van der Waals surface area (Å²) in [7, 11) is 3.18. The van der Waals surface area contributed by atoms with Gasteiger partial charge in [-0.05, 0) is 36.8 Å². The molecule has 0 radical (unpaired) electrons. The molecule has 5 heteroatoms. The molecule has 0 spiro atoms. The largest absolute Gasteiger partial charge is 0.493 e. The van der Waals surface area contributed by atoms with Gasteiger partial charge in [0.2, 0.25) is 5.91 Å². The third-order valence-corrected chi connectivity index (χ3v) is 4.36. The highest BCUT2D eigenvalue weighted by Crippen LogP contribution is 2.32. The van der Waals surface area contributed by atoms with Crippen LogP contribution in [0.5, 0.6) is 17.2 Å². The predicted octanol–water partition coefficient (Wildman–Crippen LogP) is 3.67. The predicted molar refractivity (Wildman–Crippen MR) is 101 cm³/mol. The summed E-state index contributed by atoms with van der Waals surface area (Å²) in [5.41, 5.74) is 3.04. The molecule has 1 aliphatic rings. The molecule has 0 aromatic heterocycles. The van der Waals surface area contributed by atoms with E-state index < -0.39 is 0 Å². The van der Waals surface area contributed by atoms with Gasteiger partial charge in [0.05, 0.1) is 26.9 Å². The molecule has 0 aliphatic carbocycles. The van der Waals surface area contributed by atoms with E-state index in [0.29, 0.717) is 18.1 Å². The molecular weight excluding hydrogens is 330 g/mol. The maximum Gasteiger partial charge on any atom is 0.244 e. The number of hydrogen-bond donors (Lipinski definition) is 1. The summed E-state index contributed by atoms with van der Waals surface area (Å²) in [6.07, 6.45) is 4.05. The van der Waals surface area contributed by atoms with Crippen molar-refractivity contribution in [1.29, 1.82) is 0 Å². The van der Waals surface area contributed by atoms with Crippen molar-refractivity contribution in [2.24, 2.45) is 0 Å². The van der Waals surface area contributed by atoms with Crippen LogP contribution >= 0.6 is 0 Å². The van der Waals surface area contributed by atoms with Gasteiger partial charge in [-0.25, -0.2) is 0 Å². The van der Waals surface area contributed by atoms with Gasteiger partial charge in [-0.15, -0.1) is 0 Å². The molecule has 1 aliphatic heterocycles. The van der Waals surface area contributed by atoms with Crippen LogP contribution in [-0.4, -0.2) is 26.7 Å². The molecule has 0 saturated heterocycles. The van der Waals surface area contributed by atoms with Crippen LogP contribution in [0.1, 0.15) is 29.2 Å². The number of carbonyl (C=O) groups is 1. The molecule has 0 fully saturated rings. The molecule has 3 rings (SSSR count). The molecule has 2 aromatic rings. The van der Waals surface area contributed by atoms with E-state index in [1.807, 2.05) is 37.3 Å². The Kier molecular flexibility index (Phi) is 5.46. The Morgan fingerprint density at radius 2 is 1.96 bits per heavy atom. The number of rotatable bonds is 5. The number of carbonyl (C=O) groups excluding carboxylic acids is 1. The quantitative estimate of drug-likeness (QED) is 0.834. The lowest BCUT2D eigenvalue weighted by Gasteiger charge is -2.26. The average Bonchev–Trinajstić information content (AvgIpc) is 2.66. The standard InChI is InChI=1S/C21H23NO4/c1-14-4-7-18-16(12-14)17(10-11-26-18)22-21(23)9-6-15-5-8-19(24-2)20(13-15)25-3/h4-9,12-13,17H,10-11H2,1-3H3,(H,22,23)/b9-6+. The molecule has 1 N–H and O–H groups in total. The van der Waals surface area contributed by atoms with Crippen molar-refractivity contribution in [2.75, 3.05) is 20.8 Å². The molecule has 26 heavy (non-hydrogen) atoms. The summed E-state index contributed by atoms with van der Waals surface area (Å²) in [5.74, 6) is 1.99. The van der Waals surface area contributed by atoms with Gasteiger partial charge in [-0.2, -0.15) is 0 Å². The number of aryl methyl sites for hydroxylation is 1. The van der Waals surface area contributed by atoms with E-state index in [0.717, 1.165) is 28.9 Å². The third-order valence-electron chi connectivity index (χ3n) is 4.36. The number of hydrogen-bond acceptors (Lipinski definition) is 4. The molecule has 5 nitrogen and oxygen atoms in total. The molecule has 0 bridgehead atoms. The van der Waals surface area contributed by atoms with Crippen molar-refractivity contribution < 1.29 is 19.0 Å². The van der Waals surface area contributed by atoms with Crippen LogP contribution in [0.2, 0.25) is 0 Å². The summed E-state index contributed by atoms with van der Waals surface area (Å²) in [6, 6.07) is 11.5. The highest BCUT2D eigenvalue weighted by atomic mass is 16.5. The molecule has 0 saturated carbocycles. The monoisotopic (exact) mass is 353 g/mol. The first-order valence-corrected chi connectivity index (χ1v) is 8.54. The van der Waals surface area contributed by atoms with Gasteiger partial charge in [0.25, 0.3) is 0 Å². The molecule has 1 heterocycles. The molecule has 1 unspecified atom stereocenters. The second-order valence-electron chi connectivity index (χ2n) is 6.19. The fourth-order valence-electron chi connectivity index (χ4n) is 3.01. The normalized spacial score (nSPS) is 15.9. The van der Waals surface area contributed by atoms with Gasteiger partial charge < -0.3 is 19.5 Å². The highest BCUT2D eigenvalue weighted by molar-refractivity contribution is 5.92. The van der Waals surface area contributed by atoms with Crippen LogP contribution in [0, 0.1) is 6.92 Å². The molecule has 136 valence electrons. The Hall–Kier alpha value is -2.95. The zero-order valence-electron chi connectivity index (χ0n) is 15.2. The Labute approximate surface area is 153 Å². The summed E-state index contributed by atoms with van der Waals surface area (Å²) in [5, 5.41) is 3.06. The second kappa shape index (κ2) is 7.95. The van der Waals surface area contributed by atoms with Crippen molar-refractivity contribution in [3.63, 3.8) is 0 Å². The minimum Gasteiger partial charge on any atom is -0.493 e. The fraction of sp³-hybridized carbons (Fsp3) is 0.286. The number of amides is 1. The second-order valence-corrected chi connectivity index (χ2v) is 6.19. The number of fused-ring (bicyclic) bond motifs is 1.